The summed E-state index contributed by atoms with van der Waals surface area (Å²) in [5.74, 6) is 0.442. The van der Waals surface area contributed by atoms with Gasteiger partial charge in [-0.05, 0) is 34.2 Å². The molecule has 0 aromatic heterocycles. The first-order valence-corrected chi connectivity index (χ1v) is 7.82. The maximum absolute atomic E-state index is 2.35. The Hall–Kier alpha value is -2.60. The average Bonchev–Trinajstić information content (AvgIpc) is 2.62. The van der Waals surface area contributed by atoms with Crippen LogP contribution in [0.3, 0.4) is 0 Å². The summed E-state index contributed by atoms with van der Waals surface area (Å²) < 4.78 is 0. The molecule has 0 saturated carbocycles. The fraction of sp³-hybridized carbons (Fsp3) is 0.0909. The van der Waals surface area contributed by atoms with Gasteiger partial charge in [-0.2, -0.15) is 0 Å². The quantitative estimate of drug-likeness (QED) is 0.560. The van der Waals surface area contributed by atoms with Gasteiger partial charge in [-0.15, -0.1) is 0 Å². The van der Waals surface area contributed by atoms with Gasteiger partial charge in [0, 0.05) is 5.92 Å². The van der Waals surface area contributed by atoms with Gasteiger partial charge in [0.1, 0.15) is 0 Å². The van der Waals surface area contributed by atoms with Crippen LogP contribution in [-0.4, -0.2) is 0 Å². The van der Waals surface area contributed by atoms with E-state index in [2.05, 4.69) is 91.0 Å². The minimum atomic E-state index is 0.442. The average molecular weight is 282 g/mol. The van der Waals surface area contributed by atoms with E-state index >= 15 is 0 Å². The molecule has 4 rings (SSSR count). The van der Waals surface area contributed by atoms with Crippen LogP contribution in [0.4, 0.5) is 0 Å². The molecule has 0 radical (unpaired) electrons. The molecule has 0 heterocycles. The number of fused-ring (bicyclic) bond motifs is 1. The van der Waals surface area contributed by atoms with Crippen LogP contribution in [0.25, 0.3) is 11.6 Å². The highest BCUT2D eigenvalue weighted by molar-refractivity contribution is 5.85. The summed E-state index contributed by atoms with van der Waals surface area (Å²) in [5.41, 5.74) is 6.94. The molecule has 3 aromatic rings. The van der Waals surface area contributed by atoms with Gasteiger partial charge in [0.05, 0.1) is 0 Å². The van der Waals surface area contributed by atoms with Crippen molar-refractivity contribution < 1.29 is 0 Å². The Bertz CT molecular complexity index is 798. The van der Waals surface area contributed by atoms with E-state index in [4.69, 9.17) is 0 Å². The van der Waals surface area contributed by atoms with E-state index in [0.29, 0.717) is 5.92 Å². The molecular formula is C22H18. The second kappa shape index (κ2) is 5.65. The Labute approximate surface area is 131 Å². The van der Waals surface area contributed by atoms with Gasteiger partial charge in [-0.25, -0.2) is 0 Å². The van der Waals surface area contributed by atoms with Crippen molar-refractivity contribution in [1.29, 1.82) is 0 Å². The Morgan fingerprint density at radius 2 is 1.27 bits per heavy atom. The van der Waals surface area contributed by atoms with Gasteiger partial charge in [-0.1, -0.05) is 91.0 Å². The molecule has 0 heteroatoms. The Morgan fingerprint density at radius 3 is 2.05 bits per heavy atom. The molecule has 0 bridgehead atoms. The lowest BCUT2D eigenvalue weighted by Gasteiger charge is -2.26. The third-order valence-corrected chi connectivity index (χ3v) is 4.47. The van der Waals surface area contributed by atoms with Crippen LogP contribution in [0.2, 0.25) is 0 Å². The number of hydrogen-bond donors (Lipinski definition) is 0. The Kier molecular flexibility index (Phi) is 3.36. The van der Waals surface area contributed by atoms with Crippen LogP contribution in [0.5, 0.6) is 0 Å². The first kappa shape index (κ1) is 13.1. The van der Waals surface area contributed by atoms with Crippen LogP contribution in [-0.2, 0) is 0 Å². The van der Waals surface area contributed by atoms with Crippen molar-refractivity contribution in [2.45, 2.75) is 12.3 Å². The van der Waals surface area contributed by atoms with Crippen molar-refractivity contribution in [3.63, 3.8) is 0 Å². The van der Waals surface area contributed by atoms with Crippen molar-refractivity contribution in [2.24, 2.45) is 0 Å². The van der Waals surface area contributed by atoms with Crippen molar-refractivity contribution in [1.82, 2.24) is 0 Å². The molecule has 1 aliphatic carbocycles. The summed E-state index contributed by atoms with van der Waals surface area (Å²) in [7, 11) is 0. The fourth-order valence-electron chi connectivity index (χ4n) is 3.37. The van der Waals surface area contributed by atoms with E-state index in [1.807, 2.05) is 0 Å². The number of hydrogen-bond acceptors (Lipinski definition) is 0. The van der Waals surface area contributed by atoms with Crippen molar-refractivity contribution in [3.8, 4) is 0 Å². The summed E-state index contributed by atoms with van der Waals surface area (Å²) >= 11 is 0. The summed E-state index contributed by atoms with van der Waals surface area (Å²) in [6.07, 6.45) is 3.41. The predicted octanol–water partition coefficient (Wildman–Crippen LogP) is 5.76. The largest absolute Gasteiger partial charge is 0.0622 e. The molecule has 1 aliphatic rings. The third-order valence-electron chi connectivity index (χ3n) is 4.47. The van der Waals surface area contributed by atoms with E-state index in [9.17, 15) is 0 Å². The van der Waals surface area contributed by atoms with Crippen LogP contribution >= 0.6 is 0 Å². The minimum absolute atomic E-state index is 0.442. The second-order valence-electron chi connectivity index (χ2n) is 5.83. The predicted molar refractivity (Wildman–Crippen MR) is 93.7 cm³/mol. The number of rotatable bonds is 2. The monoisotopic (exact) mass is 282 g/mol. The smallest absolute Gasteiger partial charge is 0.0136 e. The van der Waals surface area contributed by atoms with Gasteiger partial charge in [0.25, 0.3) is 0 Å². The standard InChI is InChI=1S/C22H18/c1-3-9-17(10-4-1)20-15-19-13-7-8-14-21(19)22(16-20)18-11-5-2-6-12-18/h1-15,22H,16H2. The minimum Gasteiger partial charge on any atom is -0.0622 e. The van der Waals surface area contributed by atoms with Gasteiger partial charge in [0.15, 0.2) is 0 Å². The lowest BCUT2D eigenvalue weighted by Crippen LogP contribution is -2.08. The zero-order valence-corrected chi connectivity index (χ0v) is 12.4. The highest BCUT2D eigenvalue weighted by atomic mass is 14.3. The van der Waals surface area contributed by atoms with Gasteiger partial charge in [0.2, 0.25) is 0 Å². The van der Waals surface area contributed by atoms with Crippen LogP contribution in [0.15, 0.2) is 84.9 Å². The molecule has 0 saturated heterocycles. The summed E-state index contributed by atoms with van der Waals surface area (Å²) in [6, 6.07) is 30.4. The molecule has 22 heavy (non-hydrogen) atoms. The number of benzene rings is 3. The van der Waals surface area contributed by atoms with Crippen molar-refractivity contribution >= 4 is 11.6 Å². The van der Waals surface area contributed by atoms with E-state index < -0.39 is 0 Å². The molecule has 0 fully saturated rings. The lowest BCUT2D eigenvalue weighted by molar-refractivity contribution is 0.831. The molecule has 1 atom stereocenters. The van der Waals surface area contributed by atoms with Crippen molar-refractivity contribution in [3.05, 3.63) is 107 Å². The van der Waals surface area contributed by atoms with E-state index in [-0.39, 0.29) is 0 Å². The molecule has 0 amide bonds. The topological polar surface area (TPSA) is 0 Å². The Balaban J connectivity index is 1.84. The first-order valence-electron chi connectivity index (χ1n) is 7.82. The van der Waals surface area contributed by atoms with Crippen LogP contribution < -0.4 is 0 Å². The van der Waals surface area contributed by atoms with Gasteiger partial charge in [-0.3, -0.25) is 0 Å². The van der Waals surface area contributed by atoms with Crippen LogP contribution in [0, 0.1) is 0 Å². The zero-order valence-electron chi connectivity index (χ0n) is 12.4. The molecule has 106 valence electrons. The molecule has 0 N–H and O–H groups in total. The first-order chi connectivity index (χ1) is 10.9. The second-order valence-corrected chi connectivity index (χ2v) is 5.83. The molecule has 1 unspecified atom stereocenters. The summed E-state index contributed by atoms with van der Waals surface area (Å²) in [5, 5.41) is 0. The van der Waals surface area contributed by atoms with Gasteiger partial charge >= 0.3 is 0 Å². The van der Waals surface area contributed by atoms with Crippen molar-refractivity contribution in [2.75, 3.05) is 0 Å². The third kappa shape index (κ3) is 2.37. The Morgan fingerprint density at radius 1 is 0.636 bits per heavy atom. The molecule has 0 aliphatic heterocycles. The summed E-state index contributed by atoms with van der Waals surface area (Å²) in [4.78, 5) is 0. The van der Waals surface area contributed by atoms with E-state index in [0.717, 1.165) is 6.42 Å². The zero-order chi connectivity index (χ0) is 14.8. The van der Waals surface area contributed by atoms with E-state index in [1.165, 1.54) is 27.8 Å². The molecule has 0 spiro atoms. The molecular weight excluding hydrogens is 264 g/mol. The summed E-state index contributed by atoms with van der Waals surface area (Å²) in [6.45, 7) is 0. The lowest BCUT2D eigenvalue weighted by atomic mass is 9.77. The number of allylic oxidation sites excluding steroid dienone is 1. The SMILES string of the molecule is C1=C(c2ccccc2)CC(c2ccccc2)c2ccccc21. The van der Waals surface area contributed by atoms with Crippen LogP contribution in [0.1, 0.15) is 34.6 Å². The highest BCUT2D eigenvalue weighted by Gasteiger charge is 2.22. The highest BCUT2D eigenvalue weighted by Crippen LogP contribution is 2.41. The fourth-order valence-corrected chi connectivity index (χ4v) is 3.37. The van der Waals surface area contributed by atoms with Gasteiger partial charge < -0.3 is 0 Å². The molecule has 3 aromatic carbocycles. The normalized spacial score (nSPS) is 16.7. The van der Waals surface area contributed by atoms with E-state index in [1.54, 1.807) is 0 Å². The maximum atomic E-state index is 2.35. The molecule has 0 nitrogen and oxygen atoms in total. The maximum Gasteiger partial charge on any atom is 0.0136 e.